The lowest BCUT2D eigenvalue weighted by Crippen LogP contribution is -2.28. The van der Waals surface area contributed by atoms with Crippen LogP contribution in [0.3, 0.4) is 0 Å². The van der Waals surface area contributed by atoms with Gasteiger partial charge in [0.1, 0.15) is 24.7 Å². The fourth-order valence-corrected chi connectivity index (χ4v) is 3.17. The SMILES string of the molecule is COCC(=O)NCCCc1nc2ccccc2n1CC(=O)Nc1ccc(OC)cc1. The van der Waals surface area contributed by atoms with E-state index in [1.54, 1.807) is 31.4 Å². The number of hydrogen-bond acceptors (Lipinski definition) is 5. The molecule has 0 fully saturated rings. The molecule has 8 nitrogen and oxygen atoms in total. The average Bonchev–Trinajstić information content (AvgIpc) is 3.09. The van der Waals surface area contributed by atoms with Crippen molar-refractivity contribution in [1.82, 2.24) is 14.9 Å². The van der Waals surface area contributed by atoms with Crippen LogP contribution in [-0.2, 0) is 27.3 Å². The van der Waals surface area contributed by atoms with E-state index in [0.29, 0.717) is 25.1 Å². The van der Waals surface area contributed by atoms with Crippen LogP contribution in [0, 0.1) is 0 Å². The van der Waals surface area contributed by atoms with Crippen molar-refractivity contribution < 1.29 is 19.1 Å². The fraction of sp³-hybridized carbons (Fsp3) is 0.318. The van der Waals surface area contributed by atoms with Gasteiger partial charge in [-0.25, -0.2) is 4.98 Å². The van der Waals surface area contributed by atoms with Crippen molar-refractivity contribution >= 4 is 28.5 Å². The first-order valence-corrected chi connectivity index (χ1v) is 9.74. The standard InChI is InChI=1S/C22H26N4O4/c1-29-15-22(28)23-13-5-8-20-25-18-6-3-4-7-19(18)26(20)14-21(27)24-16-9-11-17(30-2)12-10-16/h3-4,6-7,9-12H,5,8,13-15H2,1-2H3,(H,23,28)(H,24,27). The van der Waals surface area contributed by atoms with E-state index in [9.17, 15) is 9.59 Å². The minimum Gasteiger partial charge on any atom is -0.497 e. The second-order valence-corrected chi connectivity index (χ2v) is 6.77. The Morgan fingerprint density at radius 2 is 1.80 bits per heavy atom. The van der Waals surface area contributed by atoms with Gasteiger partial charge in [0.2, 0.25) is 11.8 Å². The normalized spacial score (nSPS) is 10.7. The summed E-state index contributed by atoms with van der Waals surface area (Å²) < 4.78 is 11.9. The van der Waals surface area contributed by atoms with Crippen LogP contribution in [0.2, 0.25) is 0 Å². The third kappa shape index (κ3) is 5.57. The molecule has 0 aliphatic heterocycles. The van der Waals surface area contributed by atoms with Gasteiger partial charge in [-0.1, -0.05) is 12.1 Å². The summed E-state index contributed by atoms with van der Waals surface area (Å²) in [5, 5.41) is 5.71. The molecule has 0 atom stereocenters. The Balaban J connectivity index is 1.67. The molecule has 8 heteroatoms. The third-order valence-electron chi connectivity index (χ3n) is 4.58. The maximum atomic E-state index is 12.7. The van der Waals surface area contributed by atoms with E-state index in [-0.39, 0.29) is 25.0 Å². The number of nitrogens with one attached hydrogen (secondary N) is 2. The Morgan fingerprint density at radius 3 is 2.53 bits per heavy atom. The van der Waals surface area contributed by atoms with Crippen LogP contribution in [0.4, 0.5) is 5.69 Å². The van der Waals surface area contributed by atoms with E-state index in [4.69, 9.17) is 9.47 Å². The van der Waals surface area contributed by atoms with E-state index >= 15 is 0 Å². The van der Waals surface area contributed by atoms with Gasteiger partial charge in [-0.2, -0.15) is 0 Å². The van der Waals surface area contributed by atoms with Crippen LogP contribution in [0.15, 0.2) is 48.5 Å². The molecule has 2 aromatic carbocycles. The number of amides is 2. The lowest BCUT2D eigenvalue weighted by molar-refractivity contribution is -0.124. The second-order valence-electron chi connectivity index (χ2n) is 6.77. The number of aromatic nitrogens is 2. The number of hydrogen-bond donors (Lipinski definition) is 2. The molecule has 0 radical (unpaired) electrons. The average molecular weight is 410 g/mol. The lowest BCUT2D eigenvalue weighted by Gasteiger charge is -2.11. The number of para-hydroxylation sites is 2. The highest BCUT2D eigenvalue weighted by Gasteiger charge is 2.14. The molecular weight excluding hydrogens is 384 g/mol. The summed E-state index contributed by atoms with van der Waals surface area (Å²) in [6.07, 6.45) is 1.34. The molecule has 3 rings (SSSR count). The van der Waals surface area contributed by atoms with Crippen LogP contribution >= 0.6 is 0 Å². The quantitative estimate of drug-likeness (QED) is 0.501. The summed E-state index contributed by atoms with van der Waals surface area (Å²) in [4.78, 5) is 28.8. The molecule has 0 saturated carbocycles. The fourth-order valence-electron chi connectivity index (χ4n) is 3.17. The Morgan fingerprint density at radius 1 is 1.03 bits per heavy atom. The zero-order valence-corrected chi connectivity index (χ0v) is 17.2. The van der Waals surface area contributed by atoms with Crippen LogP contribution in [0.5, 0.6) is 5.75 Å². The smallest absolute Gasteiger partial charge is 0.245 e. The zero-order valence-electron chi connectivity index (χ0n) is 17.2. The van der Waals surface area contributed by atoms with E-state index in [1.165, 1.54) is 7.11 Å². The minimum atomic E-state index is -0.148. The van der Waals surface area contributed by atoms with Crippen LogP contribution in [0.1, 0.15) is 12.2 Å². The third-order valence-corrected chi connectivity index (χ3v) is 4.58. The van der Waals surface area contributed by atoms with E-state index < -0.39 is 0 Å². The summed E-state index contributed by atoms with van der Waals surface area (Å²) in [5.74, 6) is 1.25. The predicted octanol–water partition coefficient (Wildman–Crippen LogP) is 2.38. The number of benzene rings is 2. The molecule has 0 saturated heterocycles. The van der Waals surface area contributed by atoms with Crippen molar-refractivity contribution in [2.75, 3.05) is 32.7 Å². The minimum absolute atomic E-state index is 0.0457. The largest absolute Gasteiger partial charge is 0.497 e. The highest BCUT2D eigenvalue weighted by atomic mass is 16.5. The highest BCUT2D eigenvalue weighted by Crippen LogP contribution is 2.18. The van der Waals surface area contributed by atoms with E-state index in [1.807, 2.05) is 28.8 Å². The van der Waals surface area contributed by atoms with Gasteiger partial charge in [-0.3, -0.25) is 9.59 Å². The molecule has 0 bridgehead atoms. The highest BCUT2D eigenvalue weighted by molar-refractivity contribution is 5.91. The lowest BCUT2D eigenvalue weighted by atomic mass is 10.2. The van der Waals surface area contributed by atoms with Crippen LogP contribution in [-0.4, -0.2) is 48.7 Å². The number of aryl methyl sites for hydroxylation is 1. The molecule has 0 aliphatic rings. The molecule has 3 aromatic rings. The number of ether oxygens (including phenoxy) is 2. The Kier molecular flexibility index (Phi) is 7.40. The number of carbonyl (C=O) groups is 2. The van der Waals surface area contributed by atoms with Gasteiger partial charge in [0.15, 0.2) is 0 Å². The van der Waals surface area contributed by atoms with Gasteiger partial charge in [-0.05, 0) is 42.8 Å². The van der Waals surface area contributed by atoms with Crippen molar-refractivity contribution in [3.05, 3.63) is 54.4 Å². The van der Waals surface area contributed by atoms with Crippen molar-refractivity contribution in [3.63, 3.8) is 0 Å². The van der Waals surface area contributed by atoms with E-state index in [2.05, 4.69) is 15.6 Å². The summed E-state index contributed by atoms with van der Waals surface area (Å²) in [7, 11) is 3.08. The first-order valence-electron chi connectivity index (χ1n) is 9.74. The number of nitrogens with zero attached hydrogens (tertiary/aromatic N) is 2. The molecular formula is C22H26N4O4. The molecule has 30 heavy (non-hydrogen) atoms. The van der Waals surface area contributed by atoms with Crippen molar-refractivity contribution in [3.8, 4) is 5.75 Å². The van der Waals surface area contributed by atoms with Gasteiger partial charge in [0, 0.05) is 25.8 Å². The van der Waals surface area contributed by atoms with Crippen molar-refractivity contribution in [1.29, 1.82) is 0 Å². The molecule has 2 amide bonds. The van der Waals surface area contributed by atoms with Gasteiger partial charge in [-0.15, -0.1) is 0 Å². The zero-order chi connectivity index (χ0) is 21.3. The Bertz CT molecular complexity index is 998. The van der Waals surface area contributed by atoms with Crippen molar-refractivity contribution in [2.24, 2.45) is 0 Å². The van der Waals surface area contributed by atoms with Gasteiger partial charge in [0.25, 0.3) is 0 Å². The molecule has 2 N–H and O–H groups in total. The summed E-state index contributed by atoms with van der Waals surface area (Å²) >= 11 is 0. The second kappa shape index (κ2) is 10.4. The van der Waals surface area contributed by atoms with Crippen molar-refractivity contribution in [2.45, 2.75) is 19.4 Å². The number of anilines is 1. The van der Waals surface area contributed by atoms with Gasteiger partial charge in [0.05, 0.1) is 18.1 Å². The Hall–Kier alpha value is -3.39. The maximum absolute atomic E-state index is 12.7. The first-order chi connectivity index (χ1) is 14.6. The summed E-state index contributed by atoms with van der Waals surface area (Å²) in [6, 6.07) is 14.9. The van der Waals surface area contributed by atoms with Gasteiger partial charge >= 0.3 is 0 Å². The molecule has 1 aromatic heterocycles. The number of methoxy groups -OCH3 is 2. The number of carbonyl (C=O) groups excluding carboxylic acids is 2. The maximum Gasteiger partial charge on any atom is 0.245 e. The topological polar surface area (TPSA) is 94.5 Å². The predicted molar refractivity (Wildman–Crippen MR) is 115 cm³/mol. The van der Waals surface area contributed by atoms with Crippen LogP contribution in [0.25, 0.3) is 11.0 Å². The molecule has 0 unspecified atom stereocenters. The van der Waals surface area contributed by atoms with E-state index in [0.717, 1.165) is 22.6 Å². The molecule has 0 aliphatic carbocycles. The monoisotopic (exact) mass is 410 g/mol. The first kappa shape index (κ1) is 21.3. The number of imidazole rings is 1. The van der Waals surface area contributed by atoms with Crippen LogP contribution < -0.4 is 15.4 Å². The summed E-state index contributed by atoms with van der Waals surface area (Å²) in [5.41, 5.74) is 2.45. The number of fused-ring (bicyclic) bond motifs is 1. The molecule has 158 valence electrons. The van der Waals surface area contributed by atoms with Gasteiger partial charge < -0.3 is 24.7 Å². The Labute approximate surface area is 175 Å². The molecule has 1 heterocycles. The summed E-state index contributed by atoms with van der Waals surface area (Å²) in [6.45, 7) is 0.714. The molecule has 0 spiro atoms. The number of rotatable bonds is 10.